The number of benzene rings is 2. The van der Waals surface area contributed by atoms with Gasteiger partial charge < -0.3 is 19.3 Å². The quantitative estimate of drug-likeness (QED) is 0.387. The Hall–Kier alpha value is -2.91. The van der Waals surface area contributed by atoms with Crippen LogP contribution < -0.4 is 15.5 Å². The molecule has 38 heavy (non-hydrogen) atoms. The summed E-state index contributed by atoms with van der Waals surface area (Å²) < 4.78 is 11.4. The molecule has 2 saturated heterocycles. The van der Waals surface area contributed by atoms with Gasteiger partial charge in [0.25, 0.3) is 5.91 Å². The summed E-state index contributed by atoms with van der Waals surface area (Å²) in [6.07, 6.45) is 0.401. The molecule has 3 amide bonds. The maximum absolute atomic E-state index is 13.1. The van der Waals surface area contributed by atoms with Gasteiger partial charge in [0, 0.05) is 36.0 Å². The van der Waals surface area contributed by atoms with E-state index in [0.29, 0.717) is 48.6 Å². The summed E-state index contributed by atoms with van der Waals surface area (Å²) >= 11 is 0. The van der Waals surface area contributed by atoms with Crippen LogP contribution in [0.2, 0.25) is 0 Å². The van der Waals surface area contributed by atoms with E-state index in [1.807, 2.05) is 4.90 Å². The summed E-state index contributed by atoms with van der Waals surface area (Å²) in [5.74, 6) is -0.920. The van der Waals surface area contributed by atoms with E-state index >= 15 is 0 Å². The first-order chi connectivity index (χ1) is 18.0. The van der Waals surface area contributed by atoms with E-state index in [1.165, 1.54) is 4.90 Å². The van der Waals surface area contributed by atoms with Crippen molar-refractivity contribution in [2.24, 2.45) is 0 Å². The normalized spacial score (nSPS) is 20.8. The number of morpholine rings is 1. The number of piperidine rings is 1. The molecular weight excluding hydrogens is 476 g/mol. The molecule has 13 heteroatoms. The lowest BCUT2D eigenvalue weighted by atomic mass is 9.54. The second-order valence-corrected chi connectivity index (χ2v) is 9.80. The van der Waals surface area contributed by atoms with E-state index in [-0.39, 0.29) is 42.4 Å². The van der Waals surface area contributed by atoms with E-state index in [2.05, 4.69) is 5.32 Å². The molecule has 2 fully saturated rings. The van der Waals surface area contributed by atoms with Crippen LogP contribution in [-0.4, -0.2) is 99.1 Å². The number of hydrogen-bond acceptors (Lipinski definition) is 6. The fourth-order valence-corrected chi connectivity index (χ4v) is 5.17. The maximum Gasteiger partial charge on any atom is 0.255 e. The average Bonchev–Trinajstić information content (AvgIpc) is 3.21. The van der Waals surface area contributed by atoms with Crippen LogP contribution in [0.25, 0.3) is 0 Å². The summed E-state index contributed by atoms with van der Waals surface area (Å²) in [6, 6.07) is 9.09. The molecule has 3 heterocycles. The Morgan fingerprint density at radius 2 is 1.76 bits per heavy atom. The Morgan fingerprint density at radius 1 is 1.03 bits per heavy atom. The Labute approximate surface area is 228 Å². The molecule has 8 nitrogen and oxygen atoms in total. The molecule has 0 spiro atoms. The second kappa shape index (κ2) is 10.0. The first kappa shape index (κ1) is 26.7. The molecule has 5 rings (SSSR count). The maximum atomic E-state index is 13.1. The number of nitrogens with zero attached hydrogens (tertiary/aromatic N) is 2. The average molecular weight is 499 g/mol. The zero-order valence-corrected chi connectivity index (χ0v) is 20.8. The first-order valence-corrected chi connectivity index (χ1v) is 12.3. The number of imide groups is 1. The standard InChI is InChI=1S/C25H22B5N3O5/c26-18-12-14(24(27,28)32-8-10-37-11-9-32)4-5-17(18)25(29,30)38-20-3-1-2-15-16(20)13-33(23(15)36)19-6-7-21(34)31-22(19)35/h1-5,12,19H,6-11,13H2,(H,31,34,35). The lowest BCUT2D eigenvalue weighted by molar-refractivity contribution is -0.136. The van der Waals surface area contributed by atoms with Gasteiger partial charge in [-0.3, -0.25) is 19.7 Å². The van der Waals surface area contributed by atoms with Gasteiger partial charge in [-0.25, -0.2) is 0 Å². The van der Waals surface area contributed by atoms with E-state index in [4.69, 9.17) is 48.7 Å². The predicted octanol–water partition coefficient (Wildman–Crippen LogP) is -1.45. The lowest BCUT2D eigenvalue weighted by Crippen LogP contribution is -2.52. The highest BCUT2D eigenvalue weighted by atomic mass is 16.5. The van der Waals surface area contributed by atoms with Gasteiger partial charge in [0.05, 0.1) is 35.5 Å². The van der Waals surface area contributed by atoms with Gasteiger partial charge in [-0.1, -0.05) is 29.7 Å². The van der Waals surface area contributed by atoms with Gasteiger partial charge in [-0.2, -0.15) is 0 Å². The smallest absolute Gasteiger partial charge is 0.255 e. The van der Waals surface area contributed by atoms with Crippen LogP contribution >= 0.6 is 0 Å². The van der Waals surface area contributed by atoms with Crippen molar-refractivity contribution >= 4 is 62.4 Å². The highest BCUT2D eigenvalue weighted by molar-refractivity contribution is 6.43. The highest BCUT2D eigenvalue weighted by Crippen LogP contribution is 2.36. The zero-order valence-electron chi connectivity index (χ0n) is 20.8. The van der Waals surface area contributed by atoms with Crippen LogP contribution in [0.4, 0.5) is 0 Å². The lowest BCUT2D eigenvalue weighted by Gasteiger charge is -2.43. The molecule has 10 radical (unpaired) electrons. The number of hydrogen-bond donors (Lipinski definition) is 1. The molecule has 1 atom stereocenters. The van der Waals surface area contributed by atoms with Crippen molar-refractivity contribution in [3.05, 3.63) is 58.7 Å². The second-order valence-electron chi connectivity index (χ2n) is 9.80. The van der Waals surface area contributed by atoms with E-state index in [0.717, 1.165) is 0 Å². The van der Waals surface area contributed by atoms with Crippen molar-refractivity contribution in [3.63, 3.8) is 0 Å². The van der Waals surface area contributed by atoms with Crippen molar-refractivity contribution in [2.45, 2.75) is 36.2 Å². The predicted molar refractivity (Wildman–Crippen MR) is 144 cm³/mol. The molecule has 0 aromatic heterocycles. The number of amides is 3. The molecule has 3 aliphatic heterocycles. The monoisotopic (exact) mass is 499 g/mol. The molecule has 1 unspecified atom stereocenters. The SMILES string of the molecule is [B]c1cc(C([B])([B])N2CCOCC2)ccc1C([B])([B])Oc1cccc2c1CN(C1CCC(=O)NC1=O)C2=O. The van der Waals surface area contributed by atoms with Crippen molar-refractivity contribution in [2.75, 3.05) is 26.3 Å². The third-order valence-electron chi connectivity index (χ3n) is 7.29. The fourth-order valence-electron chi connectivity index (χ4n) is 5.17. The fraction of sp³-hybridized carbons (Fsp3) is 0.400. The number of carbonyl (C=O) groups excluding carboxylic acids is 3. The molecule has 1 N–H and O–H groups in total. The Balaban J connectivity index is 1.38. The molecule has 0 saturated carbocycles. The van der Waals surface area contributed by atoms with Crippen molar-refractivity contribution in [1.29, 1.82) is 0 Å². The number of nitrogens with one attached hydrogen (secondary N) is 1. The summed E-state index contributed by atoms with van der Waals surface area (Å²) in [7, 11) is 32.0. The van der Waals surface area contributed by atoms with E-state index in [9.17, 15) is 14.4 Å². The third-order valence-corrected chi connectivity index (χ3v) is 7.29. The van der Waals surface area contributed by atoms with Gasteiger partial charge in [0.1, 0.15) is 35.3 Å². The number of fused-ring (bicyclic) bond motifs is 1. The summed E-state index contributed by atoms with van der Waals surface area (Å²) in [5.41, 5.74) is 2.00. The van der Waals surface area contributed by atoms with Gasteiger partial charge >= 0.3 is 0 Å². The summed E-state index contributed by atoms with van der Waals surface area (Å²) in [6.45, 7) is 2.30. The summed E-state index contributed by atoms with van der Waals surface area (Å²) in [5, 5.41) is -0.856. The van der Waals surface area contributed by atoms with Crippen LogP contribution in [0.15, 0.2) is 36.4 Å². The molecule has 182 valence electrons. The number of rotatable bonds is 6. The van der Waals surface area contributed by atoms with Gasteiger partial charge in [0.2, 0.25) is 11.8 Å². The molecular formula is C25H22B5N3O5. The van der Waals surface area contributed by atoms with Gasteiger partial charge in [-0.05, 0) is 35.0 Å². The minimum atomic E-state index is -1.87. The molecule has 2 aromatic rings. The van der Waals surface area contributed by atoms with Crippen LogP contribution in [0.5, 0.6) is 5.75 Å². The van der Waals surface area contributed by atoms with Crippen LogP contribution in [0.1, 0.15) is 39.9 Å². The zero-order chi connectivity index (χ0) is 27.2. The molecule has 0 aliphatic carbocycles. The molecule has 2 aromatic carbocycles. The Bertz CT molecular complexity index is 1300. The number of carbonyl (C=O) groups is 3. The minimum absolute atomic E-state index is 0.101. The first-order valence-electron chi connectivity index (χ1n) is 12.3. The topological polar surface area (TPSA) is 88.2 Å². The van der Waals surface area contributed by atoms with E-state index < -0.39 is 22.7 Å². The molecule has 3 aliphatic rings. The van der Waals surface area contributed by atoms with Crippen molar-refractivity contribution in [1.82, 2.24) is 15.1 Å². The summed E-state index contributed by atoms with van der Waals surface area (Å²) in [4.78, 5) is 40.4. The van der Waals surface area contributed by atoms with Crippen LogP contribution in [0.3, 0.4) is 0 Å². The van der Waals surface area contributed by atoms with Gasteiger partial charge in [-0.15, -0.1) is 0 Å². The van der Waals surface area contributed by atoms with Crippen molar-refractivity contribution in [3.8, 4) is 5.75 Å². The van der Waals surface area contributed by atoms with Crippen LogP contribution in [-0.2, 0) is 31.6 Å². The Morgan fingerprint density at radius 3 is 2.45 bits per heavy atom. The number of ether oxygens (including phenoxy) is 2. The molecule has 0 bridgehead atoms. The van der Waals surface area contributed by atoms with Crippen molar-refractivity contribution < 1.29 is 23.9 Å². The highest BCUT2D eigenvalue weighted by Gasteiger charge is 2.41. The van der Waals surface area contributed by atoms with Crippen LogP contribution in [0, 0.1) is 0 Å². The largest absolute Gasteiger partial charge is 0.502 e. The van der Waals surface area contributed by atoms with E-state index in [1.54, 1.807) is 36.4 Å². The third kappa shape index (κ3) is 4.82. The Kier molecular flexibility index (Phi) is 7.03. The minimum Gasteiger partial charge on any atom is -0.502 e. The van der Waals surface area contributed by atoms with Gasteiger partial charge in [0.15, 0.2) is 0 Å².